The number of benzene rings is 1. The number of aromatic amines is 1. The molecule has 0 saturated carbocycles. The fraction of sp³-hybridized carbons (Fsp3) is 0.0909. The van der Waals surface area contributed by atoms with Crippen molar-refractivity contribution in [1.29, 1.82) is 0 Å². The first-order valence-corrected chi connectivity index (χ1v) is 4.78. The van der Waals surface area contributed by atoms with Gasteiger partial charge >= 0.3 is 0 Å². The van der Waals surface area contributed by atoms with Crippen molar-refractivity contribution in [2.75, 3.05) is 11.9 Å². The lowest BCUT2D eigenvalue weighted by molar-refractivity contribution is -0.375. The quantitative estimate of drug-likeness (QED) is 0.570. The summed E-state index contributed by atoms with van der Waals surface area (Å²) in [6.07, 6.45) is 3.78. The summed E-state index contributed by atoms with van der Waals surface area (Å²) in [5.74, 6) is -0.0724. The predicted octanol–water partition coefficient (Wildman–Crippen LogP) is -3.16. The Morgan fingerprint density at radius 3 is 2.88 bits per heavy atom. The van der Waals surface area contributed by atoms with Crippen LogP contribution in [0.2, 0.25) is 0 Å². The summed E-state index contributed by atoms with van der Waals surface area (Å²) in [4.78, 5) is 14.1. The second-order valence-corrected chi connectivity index (χ2v) is 3.29. The molecule has 0 saturated heterocycles. The van der Waals surface area contributed by atoms with E-state index in [1.165, 1.54) is 0 Å². The highest BCUT2D eigenvalue weighted by Gasteiger charge is 2.02. The fourth-order valence-corrected chi connectivity index (χ4v) is 1.43. The van der Waals surface area contributed by atoms with Crippen LogP contribution in [0.5, 0.6) is 0 Å². The van der Waals surface area contributed by atoms with Crippen LogP contribution in [0, 0.1) is 0 Å². The van der Waals surface area contributed by atoms with Crippen LogP contribution in [0.3, 0.4) is 0 Å². The van der Waals surface area contributed by atoms with Gasteiger partial charge in [0, 0.05) is 17.1 Å². The summed E-state index contributed by atoms with van der Waals surface area (Å²) in [5.41, 5.74) is 4.33. The van der Waals surface area contributed by atoms with E-state index >= 15 is 0 Å². The van der Waals surface area contributed by atoms with E-state index in [1.54, 1.807) is 0 Å². The number of carbonyl (C=O) groups excluding carboxylic acids is 1. The van der Waals surface area contributed by atoms with Gasteiger partial charge in [-0.1, -0.05) is 0 Å². The van der Waals surface area contributed by atoms with Crippen LogP contribution in [-0.2, 0) is 4.79 Å². The average molecular weight is 239 g/mol. The maximum atomic E-state index is 11.1. The third-order valence-corrected chi connectivity index (χ3v) is 2.20. The van der Waals surface area contributed by atoms with Gasteiger partial charge in [-0.15, -0.1) is 0 Å². The van der Waals surface area contributed by atoms with Crippen LogP contribution < -0.4 is 28.4 Å². The molecule has 1 heterocycles. The Morgan fingerprint density at radius 2 is 2.12 bits per heavy atom. The molecular weight excluding hydrogens is 226 g/mol. The number of H-pyrrole nitrogens is 1. The van der Waals surface area contributed by atoms with E-state index in [9.17, 15) is 4.79 Å². The Hall–Kier alpha value is -1.65. The molecule has 0 spiro atoms. The van der Waals surface area contributed by atoms with Crippen molar-refractivity contribution in [3.8, 4) is 0 Å². The van der Waals surface area contributed by atoms with Crippen LogP contribution in [0.1, 0.15) is 0 Å². The molecule has 0 aliphatic carbocycles. The molecule has 0 unspecified atom stereocenters. The first-order valence-electron chi connectivity index (χ1n) is 4.78. The minimum atomic E-state index is -0.0724. The molecule has 4 nitrogen and oxygen atoms in total. The molecule has 0 fully saturated rings. The number of rotatable bonds is 2. The van der Waals surface area contributed by atoms with Crippen molar-refractivity contribution >= 4 is 22.4 Å². The van der Waals surface area contributed by atoms with Gasteiger partial charge in [0.15, 0.2) is 18.9 Å². The van der Waals surface area contributed by atoms with Gasteiger partial charge in [0.2, 0.25) is 0 Å². The first kappa shape index (κ1) is 12.4. The number of aromatic nitrogens is 1. The molecule has 2 rings (SSSR count). The van der Waals surface area contributed by atoms with Crippen LogP contribution >= 0.6 is 0 Å². The molecule has 0 bridgehead atoms. The van der Waals surface area contributed by atoms with Gasteiger partial charge in [-0.25, -0.2) is 4.98 Å². The third-order valence-electron chi connectivity index (χ3n) is 2.20. The molecule has 0 aliphatic heterocycles. The van der Waals surface area contributed by atoms with Crippen LogP contribution in [0.4, 0.5) is 5.69 Å². The molecule has 2 aromatic rings. The lowest BCUT2D eigenvalue weighted by Crippen LogP contribution is -3.00. The Kier molecular flexibility index (Phi) is 4.22. The second kappa shape index (κ2) is 5.44. The molecule has 84 valence electrons. The summed E-state index contributed by atoms with van der Waals surface area (Å²) in [6.45, 7) is 0.251. The Labute approximate surface area is 99.3 Å². The van der Waals surface area contributed by atoms with E-state index in [1.807, 2.05) is 36.7 Å². The molecule has 1 aromatic heterocycles. The Morgan fingerprint density at radius 1 is 1.31 bits per heavy atom. The molecule has 16 heavy (non-hydrogen) atoms. The van der Waals surface area contributed by atoms with Crippen molar-refractivity contribution in [1.82, 2.24) is 0 Å². The van der Waals surface area contributed by atoms with Crippen molar-refractivity contribution in [2.45, 2.75) is 0 Å². The second-order valence-electron chi connectivity index (χ2n) is 3.29. The van der Waals surface area contributed by atoms with Gasteiger partial charge in [0.25, 0.3) is 5.91 Å². The highest BCUT2D eigenvalue weighted by atomic mass is 35.5. The van der Waals surface area contributed by atoms with Gasteiger partial charge < -0.3 is 23.5 Å². The predicted molar refractivity (Wildman–Crippen MR) is 56.9 cm³/mol. The molecule has 5 heteroatoms. The van der Waals surface area contributed by atoms with Gasteiger partial charge in [-0.05, 0) is 23.6 Å². The minimum Gasteiger partial charge on any atom is -1.00 e. The van der Waals surface area contributed by atoms with E-state index in [0.29, 0.717) is 0 Å². The maximum absolute atomic E-state index is 11.1. The van der Waals surface area contributed by atoms with E-state index < -0.39 is 0 Å². The minimum absolute atomic E-state index is 0. The molecule has 0 aliphatic rings. The van der Waals surface area contributed by atoms with E-state index in [-0.39, 0.29) is 24.9 Å². The van der Waals surface area contributed by atoms with Gasteiger partial charge in [-0.3, -0.25) is 4.79 Å². The highest BCUT2D eigenvalue weighted by molar-refractivity contribution is 5.94. The van der Waals surface area contributed by atoms with E-state index in [4.69, 9.17) is 0 Å². The lowest BCUT2D eigenvalue weighted by Gasteiger charge is -2.02. The zero-order valence-electron chi connectivity index (χ0n) is 8.66. The van der Waals surface area contributed by atoms with Gasteiger partial charge in [0.1, 0.15) is 0 Å². The van der Waals surface area contributed by atoms with Crippen molar-refractivity contribution in [3.63, 3.8) is 0 Å². The molecule has 5 N–H and O–H groups in total. The molecule has 1 amide bonds. The number of hydrogen-bond donors (Lipinski definition) is 2. The summed E-state index contributed by atoms with van der Waals surface area (Å²) in [7, 11) is 0. The third kappa shape index (κ3) is 2.68. The van der Waals surface area contributed by atoms with Gasteiger partial charge in [0.05, 0.1) is 0 Å². The standard InChI is InChI=1S/C11H11N3O.ClH/c12-6-11(15)14-10-2-1-9-7-13-4-3-8(9)5-10;/h1-5,7H,6,12H2,(H,14,15);1H/p+1. The fourth-order valence-electron chi connectivity index (χ4n) is 1.43. The lowest BCUT2D eigenvalue weighted by atomic mass is 10.1. The normalized spacial score (nSPS) is 9.56. The summed E-state index contributed by atoms with van der Waals surface area (Å²) in [6, 6.07) is 7.75. The Balaban J connectivity index is 0.00000128. The molecular formula is C11H13ClN3O+. The van der Waals surface area contributed by atoms with Crippen molar-refractivity contribution < 1.29 is 27.9 Å². The zero-order chi connectivity index (χ0) is 10.7. The molecule has 0 atom stereocenters. The monoisotopic (exact) mass is 238 g/mol. The number of nitrogens with one attached hydrogen (secondary N) is 2. The number of carbonyl (C=O) groups is 1. The van der Waals surface area contributed by atoms with Crippen LogP contribution in [0.15, 0.2) is 36.7 Å². The number of halogens is 1. The molecule has 0 radical (unpaired) electrons. The number of quaternary nitrogens is 1. The largest absolute Gasteiger partial charge is 1.00 e. The average Bonchev–Trinajstić information content (AvgIpc) is 2.29. The smallest absolute Gasteiger partial charge is 0.279 e. The maximum Gasteiger partial charge on any atom is 0.279 e. The summed E-state index contributed by atoms with van der Waals surface area (Å²) in [5, 5.41) is 4.98. The highest BCUT2D eigenvalue weighted by Crippen LogP contribution is 2.16. The number of hydrogen-bond acceptors (Lipinski definition) is 1. The summed E-state index contributed by atoms with van der Waals surface area (Å²) >= 11 is 0. The SMILES string of the molecule is [Cl-].[NH3+]CC(=O)Nc1ccc2c[nH+]ccc2c1. The number of amides is 1. The number of fused-ring (bicyclic) bond motifs is 1. The van der Waals surface area contributed by atoms with Gasteiger partial charge in [-0.2, -0.15) is 0 Å². The molecule has 1 aromatic carbocycles. The summed E-state index contributed by atoms with van der Waals surface area (Å²) < 4.78 is 0. The van der Waals surface area contributed by atoms with Crippen LogP contribution in [-0.4, -0.2) is 12.5 Å². The number of anilines is 1. The number of pyridine rings is 1. The van der Waals surface area contributed by atoms with E-state index in [0.717, 1.165) is 16.5 Å². The topological polar surface area (TPSA) is 70.9 Å². The zero-order valence-corrected chi connectivity index (χ0v) is 9.42. The first-order chi connectivity index (χ1) is 7.29. The van der Waals surface area contributed by atoms with E-state index in [2.05, 4.69) is 16.0 Å². The van der Waals surface area contributed by atoms with Crippen LogP contribution in [0.25, 0.3) is 10.8 Å². The van der Waals surface area contributed by atoms with Crippen molar-refractivity contribution in [3.05, 3.63) is 36.7 Å². The van der Waals surface area contributed by atoms with Crippen molar-refractivity contribution in [2.24, 2.45) is 0 Å². The Bertz CT molecular complexity index is 501.